The van der Waals surface area contributed by atoms with Crippen molar-refractivity contribution in [2.75, 3.05) is 30.8 Å². The highest BCUT2D eigenvalue weighted by molar-refractivity contribution is 5.95. The molecule has 0 aliphatic heterocycles. The second-order valence-electron chi connectivity index (χ2n) is 6.67. The van der Waals surface area contributed by atoms with Gasteiger partial charge in [-0.3, -0.25) is 9.59 Å². The molecule has 0 saturated carbocycles. The molecule has 30 heavy (non-hydrogen) atoms. The van der Waals surface area contributed by atoms with Crippen LogP contribution in [0.4, 0.5) is 11.4 Å². The normalized spacial score (nSPS) is 10.2. The Hall–Kier alpha value is -3.80. The lowest BCUT2D eigenvalue weighted by Crippen LogP contribution is -2.22. The first-order chi connectivity index (χ1) is 14.6. The Labute approximate surface area is 176 Å². The summed E-state index contributed by atoms with van der Waals surface area (Å²) in [6, 6.07) is 24.4. The molecular weight excluding hydrogens is 378 g/mol. The van der Waals surface area contributed by atoms with Gasteiger partial charge in [0.25, 0.3) is 5.91 Å². The fourth-order valence-electron chi connectivity index (χ4n) is 2.87. The van der Waals surface area contributed by atoms with Gasteiger partial charge in [-0.25, -0.2) is 0 Å². The molecular formula is C24H25N3O3. The van der Waals surface area contributed by atoms with Gasteiger partial charge in [-0.1, -0.05) is 36.4 Å². The van der Waals surface area contributed by atoms with Crippen molar-refractivity contribution in [1.82, 2.24) is 5.32 Å². The summed E-state index contributed by atoms with van der Waals surface area (Å²) in [5.41, 5.74) is 3.22. The lowest BCUT2D eigenvalue weighted by atomic mass is 10.2. The minimum Gasteiger partial charge on any atom is -0.493 e. The molecule has 3 aromatic carbocycles. The third-order valence-electron chi connectivity index (χ3n) is 4.45. The SMILES string of the molecule is CNC(=O)c1ccc(NCC(=O)Nc2cccc(OCCc3ccccc3)c2)cc1. The van der Waals surface area contributed by atoms with Crippen molar-refractivity contribution in [3.05, 3.63) is 90.0 Å². The maximum atomic E-state index is 12.2. The second kappa shape index (κ2) is 10.7. The number of amides is 2. The monoisotopic (exact) mass is 403 g/mol. The van der Waals surface area contributed by atoms with Crippen molar-refractivity contribution < 1.29 is 14.3 Å². The Kier molecular flexibility index (Phi) is 7.44. The van der Waals surface area contributed by atoms with E-state index in [4.69, 9.17) is 4.74 Å². The first-order valence-electron chi connectivity index (χ1n) is 9.77. The zero-order valence-electron chi connectivity index (χ0n) is 16.9. The Balaban J connectivity index is 1.45. The van der Waals surface area contributed by atoms with Crippen molar-refractivity contribution in [2.45, 2.75) is 6.42 Å². The maximum Gasteiger partial charge on any atom is 0.251 e. The molecule has 3 aromatic rings. The van der Waals surface area contributed by atoms with E-state index in [1.807, 2.05) is 36.4 Å². The quantitative estimate of drug-likeness (QED) is 0.509. The number of ether oxygens (including phenoxy) is 1. The fourth-order valence-corrected chi connectivity index (χ4v) is 2.87. The smallest absolute Gasteiger partial charge is 0.251 e. The van der Waals surface area contributed by atoms with Crippen molar-refractivity contribution in [3.63, 3.8) is 0 Å². The van der Waals surface area contributed by atoms with Crippen LogP contribution in [0, 0.1) is 0 Å². The summed E-state index contributed by atoms with van der Waals surface area (Å²) in [5, 5.41) is 8.46. The van der Waals surface area contributed by atoms with Gasteiger partial charge in [0.15, 0.2) is 0 Å². The lowest BCUT2D eigenvalue weighted by molar-refractivity contribution is -0.114. The van der Waals surface area contributed by atoms with Crippen LogP contribution in [0.5, 0.6) is 5.75 Å². The third-order valence-corrected chi connectivity index (χ3v) is 4.45. The summed E-state index contributed by atoms with van der Waals surface area (Å²) >= 11 is 0. The zero-order valence-corrected chi connectivity index (χ0v) is 16.9. The van der Waals surface area contributed by atoms with Crippen molar-refractivity contribution >= 4 is 23.2 Å². The van der Waals surface area contributed by atoms with E-state index in [0.29, 0.717) is 23.6 Å². The number of anilines is 2. The second-order valence-corrected chi connectivity index (χ2v) is 6.67. The molecule has 154 valence electrons. The van der Waals surface area contributed by atoms with Crippen LogP contribution < -0.4 is 20.7 Å². The molecule has 0 fully saturated rings. The topological polar surface area (TPSA) is 79.5 Å². The van der Waals surface area contributed by atoms with Crippen LogP contribution in [-0.2, 0) is 11.2 Å². The molecule has 0 unspecified atom stereocenters. The molecule has 3 N–H and O–H groups in total. The van der Waals surface area contributed by atoms with Gasteiger partial charge in [0.1, 0.15) is 5.75 Å². The Morgan fingerprint density at radius 3 is 2.37 bits per heavy atom. The summed E-state index contributed by atoms with van der Waals surface area (Å²) < 4.78 is 5.80. The molecule has 0 aliphatic rings. The first kappa shape index (κ1) is 20.9. The number of hydrogen-bond donors (Lipinski definition) is 3. The van der Waals surface area contributed by atoms with Crippen molar-refractivity contribution in [2.24, 2.45) is 0 Å². The number of benzene rings is 3. The Morgan fingerprint density at radius 2 is 1.63 bits per heavy atom. The summed E-state index contributed by atoms with van der Waals surface area (Å²) in [6.45, 7) is 0.674. The van der Waals surface area contributed by atoms with E-state index in [2.05, 4.69) is 28.1 Å². The van der Waals surface area contributed by atoms with Gasteiger partial charge in [-0.15, -0.1) is 0 Å². The minimum atomic E-state index is -0.174. The molecule has 0 spiro atoms. The fraction of sp³-hybridized carbons (Fsp3) is 0.167. The van der Waals surface area contributed by atoms with Crippen LogP contribution in [0.1, 0.15) is 15.9 Å². The van der Waals surface area contributed by atoms with E-state index in [1.54, 1.807) is 37.4 Å². The maximum absolute atomic E-state index is 12.2. The number of carbonyl (C=O) groups is 2. The lowest BCUT2D eigenvalue weighted by Gasteiger charge is -2.10. The molecule has 0 bridgehead atoms. The molecule has 6 heteroatoms. The number of rotatable bonds is 9. The van der Waals surface area contributed by atoms with Crippen LogP contribution in [0.25, 0.3) is 0 Å². The molecule has 0 saturated heterocycles. The van der Waals surface area contributed by atoms with Crippen LogP contribution in [0.2, 0.25) is 0 Å². The minimum absolute atomic E-state index is 0.110. The van der Waals surface area contributed by atoms with E-state index >= 15 is 0 Å². The summed E-state index contributed by atoms with van der Waals surface area (Å²) in [4.78, 5) is 23.8. The number of carbonyl (C=O) groups excluding carboxylic acids is 2. The molecule has 0 atom stereocenters. The average molecular weight is 403 g/mol. The molecule has 2 amide bonds. The van der Waals surface area contributed by atoms with Crippen LogP contribution in [0.15, 0.2) is 78.9 Å². The highest BCUT2D eigenvalue weighted by Gasteiger charge is 2.06. The van der Waals surface area contributed by atoms with E-state index in [9.17, 15) is 9.59 Å². The van der Waals surface area contributed by atoms with Crippen molar-refractivity contribution in [1.29, 1.82) is 0 Å². The van der Waals surface area contributed by atoms with Gasteiger partial charge in [0.2, 0.25) is 5.91 Å². The highest BCUT2D eigenvalue weighted by atomic mass is 16.5. The molecule has 0 aliphatic carbocycles. The molecule has 0 heterocycles. The summed E-state index contributed by atoms with van der Waals surface area (Å²) in [7, 11) is 1.59. The summed E-state index contributed by atoms with van der Waals surface area (Å²) in [6.07, 6.45) is 0.819. The van der Waals surface area contributed by atoms with E-state index in [0.717, 1.165) is 12.1 Å². The van der Waals surface area contributed by atoms with E-state index in [-0.39, 0.29) is 18.4 Å². The van der Waals surface area contributed by atoms with Crippen LogP contribution in [0.3, 0.4) is 0 Å². The average Bonchev–Trinajstić information content (AvgIpc) is 2.78. The Bertz CT molecular complexity index is 973. The number of nitrogens with one attached hydrogen (secondary N) is 3. The summed E-state index contributed by atoms with van der Waals surface area (Å²) in [5.74, 6) is 0.387. The molecule has 3 rings (SSSR count). The first-order valence-corrected chi connectivity index (χ1v) is 9.77. The largest absolute Gasteiger partial charge is 0.493 e. The van der Waals surface area contributed by atoms with Crippen molar-refractivity contribution in [3.8, 4) is 5.75 Å². The predicted molar refractivity (Wildman–Crippen MR) is 119 cm³/mol. The van der Waals surface area contributed by atoms with E-state index < -0.39 is 0 Å². The predicted octanol–water partition coefficient (Wildman–Crippen LogP) is 3.72. The molecule has 0 aromatic heterocycles. The Morgan fingerprint density at radius 1 is 0.867 bits per heavy atom. The van der Waals surface area contributed by atoms with Gasteiger partial charge in [-0.2, -0.15) is 0 Å². The van der Waals surface area contributed by atoms with Crippen LogP contribution in [-0.4, -0.2) is 32.0 Å². The van der Waals surface area contributed by atoms with E-state index in [1.165, 1.54) is 5.56 Å². The van der Waals surface area contributed by atoms with Gasteiger partial charge in [0, 0.05) is 36.5 Å². The molecule has 0 radical (unpaired) electrons. The zero-order chi connectivity index (χ0) is 21.2. The number of hydrogen-bond acceptors (Lipinski definition) is 4. The molecule has 6 nitrogen and oxygen atoms in total. The van der Waals surface area contributed by atoms with Crippen LogP contribution >= 0.6 is 0 Å². The standard InChI is InChI=1S/C24H25N3O3/c1-25-24(29)19-10-12-20(13-11-19)26-17-23(28)27-21-8-5-9-22(16-21)30-15-14-18-6-3-2-4-7-18/h2-13,16,26H,14-15,17H2,1H3,(H,25,29)(H,27,28). The van der Waals surface area contributed by atoms with Gasteiger partial charge in [-0.05, 0) is 42.0 Å². The van der Waals surface area contributed by atoms with Gasteiger partial charge in [0.05, 0.1) is 13.2 Å². The van der Waals surface area contributed by atoms with Gasteiger partial charge < -0.3 is 20.7 Å². The highest BCUT2D eigenvalue weighted by Crippen LogP contribution is 2.18. The van der Waals surface area contributed by atoms with Gasteiger partial charge >= 0.3 is 0 Å². The third kappa shape index (κ3) is 6.38.